The molecule has 4 heteroatoms. The zero-order valence-corrected chi connectivity index (χ0v) is 7.45. The SMILES string of the molecule is CC(=O)Nc1ccc(C2CC2)nn1. The van der Waals surface area contributed by atoms with Gasteiger partial charge in [-0.1, -0.05) is 0 Å². The molecule has 1 aromatic heterocycles. The third-order valence-electron chi connectivity index (χ3n) is 1.98. The summed E-state index contributed by atoms with van der Waals surface area (Å²) in [5.41, 5.74) is 1.04. The molecular formula is C9H11N3O. The smallest absolute Gasteiger partial charge is 0.222 e. The second kappa shape index (κ2) is 3.12. The standard InChI is InChI=1S/C9H11N3O/c1-6(13)10-9-5-4-8(11-12-9)7-2-3-7/h4-5,7H,2-3H2,1H3,(H,10,12,13). The first-order valence-corrected chi connectivity index (χ1v) is 4.37. The first-order valence-electron chi connectivity index (χ1n) is 4.37. The summed E-state index contributed by atoms with van der Waals surface area (Å²) >= 11 is 0. The van der Waals surface area contributed by atoms with Gasteiger partial charge in [-0.3, -0.25) is 4.79 Å². The van der Waals surface area contributed by atoms with Gasteiger partial charge in [0.15, 0.2) is 5.82 Å². The van der Waals surface area contributed by atoms with Crippen LogP contribution in [0.5, 0.6) is 0 Å². The van der Waals surface area contributed by atoms with Crippen molar-refractivity contribution in [2.45, 2.75) is 25.7 Å². The maximum absolute atomic E-state index is 10.7. The van der Waals surface area contributed by atoms with E-state index in [4.69, 9.17) is 0 Å². The molecule has 0 spiro atoms. The fourth-order valence-electron chi connectivity index (χ4n) is 1.19. The highest BCUT2D eigenvalue weighted by atomic mass is 16.1. The molecule has 1 aliphatic rings. The Kier molecular flexibility index (Phi) is 1.96. The second-order valence-corrected chi connectivity index (χ2v) is 3.30. The first-order chi connectivity index (χ1) is 6.25. The molecule has 1 saturated carbocycles. The van der Waals surface area contributed by atoms with Gasteiger partial charge in [-0.15, -0.1) is 5.10 Å². The summed E-state index contributed by atoms with van der Waals surface area (Å²) in [5, 5.41) is 10.5. The fraction of sp³-hybridized carbons (Fsp3) is 0.444. The molecule has 1 fully saturated rings. The minimum Gasteiger partial charge on any atom is -0.309 e. The molecule has 1 amide bonds. The lowest BCUT2D eigenvalue weighted by Crippen LogP contribution is -2.08. The lowest BCUT2D eigenvalue weighted by atomic mass is 10.3. The quantitative estimate of drug-likeness (QED) is 0.741. The molecule has 1 heterocycles. The van der Waals surface area contributed by atoms with Crippen LogP contribution in [-0.2, 0) is 4.79 Å². The summed E-state index contributed by atoms with van der Waals surface area (Å²) in [7, 11) is 0. The lowest BCUT2D eigenvalue weighted by Gasteiger charge is -2.00. The largest absolute Gasteiger partial charge is 0.309 e. The van der Waals surface area contributed by atoms with Crippen molar-refractivity contribution in [3.8, 4) is 0 Å². The minimum absolute atomic E-state index is 0.117. The number of nitrogens with one attached hydrogen (secondary N) is 1. The molecule has 2 rings (SSSR count). The van der Waals surface area contributed by atoms with Gasteiger partial charge in [-0.05, 0) is 25.0 Å². The van der Waals surface area contributed by atoms with Gasteiger partial charge in [0.2, 0.25) is 5.91 Å². The Morgan fingerprint density at radius 3 is 2.69 bits per heavy atom. The minimum atomic E-state index is -0.117. The van der Waals surface area contributed by atoms with Gasteiger partial charge in [0.05, 0.1) is 5.69 Å². The average molecular weight is 177 g/mol. The summed E-state index contributed by atoms with van der Waals surface area (Å²) in [4.78, 5) is 10.7. The van der Waals surface area contributed by atoms with Gasteiger partial charge in [0.1, 0.15) is 0 Å². The Hall–Kier alpha value is -1.45. The van der Waals surface area contributed by atoms with Crippen LogP contribution in [0.15, 0.2) is 12.1 Å². The highest BCUT2D eigenvalue weighted by molar-refractivity contribution is 5.87. The van der Waals surface area contributed by atoms with E-state index >= 15 is 0 Å². The average Bonchev–Trinajstić information content (AvgIpc) is 2.87. The molecule has 0 bridgehead atoms. The van der Waals surface area contributed by atoms with Crippen LogP contribution >= 0.6 is 0 Å². The van der Waals surface area contributed by atoms with Crippen molar-refractivity contribution >= 4 is 11.7 Å². The van der Waals surface area contributed by atoms with Crippen LogP contribution in [0.25, 0.3) is 0 Å². The van der Waals surface area contributed by atoms with Crippen molar-refractivity contribution in [2.24, 2.45) is 0 Å². The van der Waals surface area contributed by atoms with Crippen LogP contribution < -0.4 is 5.32 Å². The molecular weight excluding hydrogens is 166 g/mol. The van der Waals surface area contributed by atoms with Crippen LogP contribution in [0.3, 0.4) is 0 Å². The highest BCUT2D eigenvalue weighted by Gasteiger charge is 2.25. The molecule has 1 N–H and O–H groups in total. The van der Waals surface area contributed by atoms with E-state index in [-0.39, 0.29) is 5.91 Å². The Morgan fingerprint density at radius 1 is 1.46 bits per heavy atom. The van der Waals surface area contributed by atoms with Gasteiger partial charge in [-0.25, -0.2) is 0 Å². The van der Waals surface area contributed by atoms with Crippen molar-refractivity contribution in [3.05, 3.63) is 17.8 Å². The van der Waals surface area contributed by atoms with Crippen LogP contribution in [-0.4, -0.2) is 16.1 Å². The maximum atomic E-state index is 10.7. The number of hydrogen-bond acceptors (Lipinski definition) is 3. The normalized spacial score (nSPS) is 15.5. The third-order valence-corrected chi connectivity index (χ3v) is 1.98. The first kappa shape index (κ1) is 8.16. The van der Waals surface area contributed by atoms with E-state index in [9.17, 15) is 4.79 Å². The molecule has 68 valence electrons. The zero-order chi connectivity index (χ0) is 9.26. The maximum Gasteiger partial charge on any atom is 0.222 e. The topological polar surface area (TPSA) is 54.9 Å². The van der Waals surface area contributed by atoms with Crippen LogP contribution in [0, 0.1) is 0 Å². The van der Waals surface area contributed by atoms with Gasteiger partial charge in [-0.2, -0.15) is 5.10 Å². The molecule has 0 saturated heterocycles. The highest BCUT2D eigenvalue weighted by Crippen LogP contribution is 2.38. The van der Waals surface area contributed by atoms with E-state index in [2.05, 4.69) is 15.5 Å². The zero-order valence-electron chi connectivity index (χ0n) is 7.45. The Bertz CT molecular complexity index is 316. The monoisotopic (exact) mass is 177 g/mol. The number of nitrogens with zero attached hydrogens (tertiary/aromatic N) is 2. The summed E-state index contributed by atoms with van der Waals surface area (Å²) in [6.45, 7) is 1.45. The van der Waals surface area contributed by atoms with Gasteiger partial charge in [0, 0.05) is 12.8 Å². The second-order valence-electron chi connectivity index (χ2n) is 3.30. The van der Waals surface area contributed by atoms with Gasteiger partial charge in [0.25, 0.3) is 0 Å². The molecule has 4 nitrogen and oxygen atoms in total. The summed E-state index contributed by atoms with van der Waals surface area (Å²) in [6, 6.07) is 3.72. The number of carbonyl (C=O) groups is 1. The number of rotatable bonds is 2. The van der Waals surface area contributed by atoms with E-state index in [0.717, 1.165) is 5.69 Å². The van der Waals surface area contributed by atoms with Crippen LogP contribution in [0.2, 0.25) is 0 Å². The third kappa shape index (κ3) is 2.02. The van der Waals surface area contributed by atoms with E-state index in [1.54, 1.807) is 6.07 Å². The van der Waals surface area contributed by atoms with Crippen molar-refractivity contribution in [1.82, 2.24) is 10.2 Å². The summed E-state index contributed by atoms with van der Waals surface area (Å²) < 4.78 is 0. The van der Waals surface area contributed by atoms with E-state index < -0.39 is 0 Å². The summed E-state index contributed by atoms with van der Waals surface area (Å²) in [6.07, 6.45) is 2.43. The Balaban J connectivity index is 2.08. The van der Waals surface area contributed by atoms with Crippen molar-refractivity contribution in [1.29, 1.82) is 0 Å². The van der Waals surface area contributed by atoms with E-state index in [1.165, 1.54) is 19.8 Å². The van der Waals surface area contributed by atoms with Crippen molar-refractivity contribution < 1.29 is 4.79 Å². The van der Waals surface area contributed by atoms with Gasteiger partial charge < -0.3 is 5.32 Å². The molecule has 1 aromatic rings. The van der Waals surface area contributed by atoms with Crippen molar-refractivity contribution in [2.75, 3.05) is 5.32 Å². The van der Waals surface area contributed by atoms with E-state index in [0.29, 0.717) is 11.7 Å². The van der Waals surface area contributed by atoms with Gasteiger partial charge >= 0.3 is 0 Å². The molecule has 1 aliphatic carbocycles. The number of carbonyl (C=O) groups excluding carboxylic acids is 1. The molecule has 13 heavy (non-hydrogen) atoms. The molecule has 0 unspecified atom stereocenters. The predicted molar refractivity (Wildman–Crippen MR) is 48.3 cm³/mol. The van der Waals surface area contributed by atoms with Crippen molar-refractivity contribution in [3.63, 3.8) is 0 Å². The number of hydrogen-bond donors (Lipinski definition) is 1. The predicted octanol–water partition coefficient (Wildman–Crippen LogP) is 1.31. The molecule has 0 radical (unpaired) electrons. The Labute approximate surface area is 76.4 Å². The lowest BCUT2D eigenvalue weighted by molar-refractivity contribution is -0.114. The number of anilines is 1. The molecule has 0 aliphatic heterocycles. The Morgan fingerprint density at radius 2 is 2.23 bits per heavy atom. The fourth-order valence-corrected chi connectivity index (χ4v) is 1.19. The van der Waals surface area contributed by atoms with Crippen LogP contribution in [0.4, 0.5) is 5.82 Å². The van der Waals surface area contributed by atoms with E-state index in [1.807, 2.05) is 6.07 Å². The van der Waals surface area contributed by atoms with Crippen LogP contribution in [0.1, 0.15) is 31.4 Å². The molecule has 0 atom stereocenters. The number of aromatic nitrogens is 2. The number of amides is 1. The molecule has 0 aromatic carbocycles. The summed E-state index contributed by atoms with van der Waals surface area (Å²) in [5.74, 6) is 1.02.